The van der Waals surface area contributed by atoms with Gasteiger partial charge < -0.3 is 40.1 Å². The third-order valence-corrected chi connectivity index (χ3v) is 8.09. The lowest BCUT2D eigenvalue weighted by Gasteiger charge is -2.24. The summed E-state index contributed by atoms with van der Waals surface area (Å²) in [4.78, 5) is 28.2. The molecule has 4 aromatic rings. The van der Waals surface area contributed by atoms with E-state index in [4.69, 9.17) is 19.4 Å². The van der Waals surface area contributed by atoms with E-state index in [0.29, 0.717) is 17.9 Å². The second-order valence-electron chi connectivity index (χ2n) is 10.8. The molecule has 13 nitrogen and oxygen atoms in total. The highest BCUT2D eigenvalue weighted by Gasteiger charge is 2.44. The molecule has 2 aliphatic heterocycles. The maximum Gasteiger partial charge on any atom is 0.328 e. The van der Waals surface area contributed by atoms with Crippen molar-refractivity contribution < 1.29 is 34.7 Å². The SMILES string of the molecule is COC(=O)[C@@H]1C[C@@H](O)CN1c1nc(NCC(c2ccccc2)c2ccccc2)c2ncn([C@@H]3O[C@H](CO)[C@@H](O)[C@H]3O)c2n1. The third-order valence-electron chi connectivity index (χ3n) is 8.09. The summed E-state index contributed by atoms with van der Waals surface area (Å²) in [6.07, 6.45) is -3.99. The summed E-state index contributed by atoms with van der Waals surface area (Å²) in [6.45, 7) is 0.0495. The molecule has 2 fully saturated rings. The smallest absolute Gasteiger partial charge is 0.328 e. The van der Waals surface area contributed by atoms with Gasteiger partial charge in [-0.05, 0) is 11.1 Å². The minimum atomic E-state index is -1.36. The Hall–Kier alpha value is -4.14. The summed E-state index contributed by atoms with van der Waals surface area (Å²) in [5, 5.41) is 44.7. The number of benzene rings is 2. The van der Waals surface area contributed by atoms with Crippen LogP contribution in [-0.4, -0.2) is 103 Å². The Balaban J connectivity index is 1.42. The number of hydrogen-bond donors (Lipinski definition) is 5. The molecule has 13 heteroatoms. The molecule has 0 saturated carbocycles. The molecular weight excluding hydrogens is 556 g/mol. The molecule has 5 N–H and O–H groups in total. The normalized spacial score (nSPS) is 25.5. The standard InChI is InChI=1S/C30H34N6O7/c1-42-29(41)21-12-19(38)14-35(21)30-33-26(31-13-20(17-8-4-2-5-9-17)18-10-6-3-7-11-18)23-27(34-30)36(16-32-23)28-25(40)24(39)22(15-37)43-28/h2-11,16,19-22,24-25,28,37-40H,12-15H2,1H3,(H,31,33,34)/t19-,21+,22-,24-,25-,28-/m1/s1. The number of carbonyl (C=O) groups excluding carboxylic acids is 1. The summed E-state index contributed by atoms with van der Waals surface area (Å²) in [7, 11) is 1.28. The first-order valence-corrected chi connectivity index (χ1v) is 14.1. The number of aliphatic hydroxyl groups is 4. The molecule has 43 heavy (non-hydrogen) atoms. The summed E-state index contributed by atoms with van der Waals surface area (Å²) < 4.78 is 12.2. The number of rotatable bonds is 9. The van der Waals surface area contributed by atoms with Crippen LogP contribution in [-0.2, 0) is 14.3 Å². The summed E-state index contributed by atoms with van der Waals surface area (Å²) in [5.74, 6) is -0.0615. The zero-order valence-corrected chi connectivity index (χ0v) is 23.5. The highest BCUT2D eigenvalue weighted by Crippen LogP contribution is 2.35. The average molecular weight is 591 g/mol. The zero-order chi connectivity index (χ0) is 30.1. The number of carbonyl (C=O) groups is 1. The van der Waals surface area contributed by atoms with E-state index in [1.807, 2.05) is 36.4 Å². The topological polar surface area (TPSA) is 175 Å². The Morgan fingerprint density at radius 1 is 1.05 bits per heavy atom. The molecule has 2 aliphatic rings. The van der Waals surface area contributed by atoms with Gasteiger partial charge in [-0.15, -0.1) is 0 Å². The average Bonchev–Trinajstić information content (AvgIpc) is 3.72. The lowest BCUT2D eigenvalue weighted by molar-refractivity contribution is -0.142. The lowest BCUT2D eigenvalue weighted by atomic mass is 9.91. The Labute approximate surface area is 247 Å². The molecule has 0 unspecified atom stereocenters. The number of β-amino-alcohol motifs (C(OH)–C–C–N with tert-alkyl or cyclic N) is 1. The van der Waals surface area contributed by atoms with Crippen LogP contribution in [0.1, 0.15) is 29.7 Å². The molecule has 2 saturated heterocycles. The zero-order valence-electron chi connectivity index (χ0n) is 23.5. The largest absolute Gasteiger partial charge is 0.467 e. The number of nitrogens with one attached hydrogen (secondary N) is 1. The van der Waals surface area contributed by atoms with Crippen LogP contribution in [0.4, 0.5) is 11.8 Å². The van der Waals surface area contributed by atoms with E-state index in [1.54, 1.807) is 4.90 Å². The van der Waals surface area contributed by atoms with Gasteiger partial charge in [-0.3, -0.25) is 4.57 Å². The number of imidazole rings is 1. The molecule has 4 heterocycles. The molecule has 0 aliphatic carbocycles. The second-order valence-corrected chi connectivity index (χ2v) is 10.8. The van der Waals surface area contributed by atoms with Gasteiger partial charge in [-0.2, -0.15) is 9.97 Å². The Morgan fingerprint density at radius 3 is 2.33 bits per heavy atom. The van der Waals surface area contributed by atoms with Crippen molar-refractivity contribution in [2.75, 3.05) is 37.0 Å². The maximum atomic E-state index is 12.6. The molecule has 0 radical (unpaired) electrons. The van der Waals surface area contributed by atoms with Crippen molar-refractivity contribution in [1.82, 2.24) is 19.5 Å². The Kier molecular flexibility index (Phi) is 8.23. The molecule has 2 aromatic heterocycles. The van der Waals surface area contributed by atoms with Crippen molar-refractivity contribution in [3.8, 4) is 0 Å². The number of aliphatic hydroxyl groups excluding tert-OH is 4. The Morgan fingerprint density at radius 2 is 1.72 bits per heavy atom. The van der Waals surface area contributed by atoms with Gasteiger partial charge in [-0.1, -0.05) is 60.7 Å². The van der Waals surface area contributed by atoms with Crippen LogP contribution in [0.2, 0.25) is 0 Å². The van der Waals surface area contributed by atoms with Crippen LogP contribution >= 0.6 is 0 Å². The molecule has 2 aromatic carbocycles. The van der Waals surface area contributed by atoms with Crippen molar-refractivity contribution in [3.05, 3.63) is 78.1 Å². The molecular formula is C30H34N6O7. The molecule has 6 atom stereocenters. The lowest BCUT2D eigenvalue weighted by Crippen LogP contribution is -2.38. The van der Waals surface area contributed by atoms with Gasteiger partial charge in [0.2, 0.25) is 5.95 Å². The fourth-order valence-electron chi connectivity index (χ4n) is 5.84. The van der Waals surface area contributed by atoms with Gasteiger partial charge in [0.1, 0.15) is 24.4 Å². The number of esters is 1. The third kappa shape index (κ3) is 5.53. The predicted octanol–water partition coefficient (Wildman–Crippen LogP) is 0.794. The van der Waals surface area contributed by atoms with Gasteiger partial charge in [0.15, 0.2) is 23.2 Å². The number of anilines is 2. The highest BCUT2D eigenvalue weighted by atomic mass is 16.6. The van der Waals surface area contributed by atoms with Crippen molar-refractivity contribution in [2.24, 2.45) is 0 Å². The number of nitrogens with zero attached hydrogens (tertiary/aromatic N) is 5. The molecule has 0 amide bonds. The van der Waals surface area contributed by atoms with Gasteiger partial charge in [-0.25, -0.2) is 9.78 Å². The van der Waals surface area contributed by atoms with E-state index >= 15 is 0 Å². The molecule has 0 spiro atoms. The van der Waals surface area contributed by atoms with Gasteiger partial charge in [0.25, 0.3) is 0 Å². The number of aromatic nitrogens is 4. The summed E-state index contributed by atoms with van der Waals surface area (Å²) >= 11 is 0. The van der Waals surface area contributed by atoms with Crippen LogP contribution in [0.3, 0.4) is 0 Å². The first-order chi connectivity index (χ1) is 20.9. The number of hydrogen-bond acceptors (Lipinski definition) is 12. The van der Waals surface area contributed by atoms with Crippen molar-refractivity contribution in [3.63, 3.8) is 0 Å². The van der Waals surface area contributed by atoms with Crippen molar-refractivity contribution in [2.45, 2.75) is 49.0 Å². The first kappa shape index (κ1) is 29.0. The quantitative estimate of drug-likeness (QED) is 0.174. The number of ether oxygens (including phenoxy) is 2. The molecule has 226 valence electrons. The van der Waals surface area contributed by atoms with Gasteiger partial charge in [0, 0.05) is 25.4 Å². The summed E-state index contributed by atoms with van der Waals surface area (Å²) in [5.41, 5.74) is 2.83. The second kappa shape index (κ2) is 12.2. The van der Waals surface area contributed by atoms with Crippen LogP contribution < -0.4 is 10.2 Å². The van der Waals surface area contributed by atoms with Crippen LogP contribution in [0.25, 0.3) is 11.2 Å². The fourth-order valence-corrected chi connectivity index (χ4v) is 5.84. The molecule has 6 rings (SSSR count). The maximum absolute atomic E-state index is 12.6. The van der Waals surface area contributed by atoms with Gasteiger partial charge in [0.05, 0.1) is 26.1 Å². The van der Waals surface area contributed by atoms with Crippen LogP contribution in [0.5, 0.6) is 0 Å². The van der Waals surface area contributed by atoms with E-state index in [9.17, 15) is 25.2 Å². The van der Waals surface area contributed by atoms with Gasteiger partial charge >= 0.3 is 5.97 Å². The first-order valence-electron chi connectivity index (χ1n) is 14.1. The van der Waals surface area contributed by atoms with E-state index in [2.05, 4.69) is 34.6 Å². The van der Waals surface area contributed by atoms with Crippen molar-refractivity contribution >= 4 is 28.9 Å². The summed E-state index contributed by atoms with van der Waals surface area (Å²) in [6, 6.07) is 19.3. The predicted molar refractivity (Wildman–Crippen MR) is 155 cm³/mol. The minimum absolute atomic E-state index is 0.0465. The van der Waals surface area contributed by atoms with Crippen molar-refractivity contribution in [1.29, 1.82) is 0 Å². The van der Waals surface area contributed by atoms with Crippen LogP contribution in [0, 0.1) is 0 Å². The van der Waals surface area contributed by atoms with E-state index < -0.39 is 49.3 Å². The number of methoxy groups -OCH3 is 1. The van der Waals surface area contributed by atoms with Crippen LogP contribution in [0.15, 0.2) is 67.0 Å². The molecule has 0 bridgehead atoms. The highest BCUT2D eigenvalue weighted by molar-refractivity contribution is 5.86. The number of fused-ring (bicyclic) bond motifs is 1. The Bertz CT molecular complexity index is 1520. The van der Waals surface area contributed by atoms with E-state index in [0.717, 1.165) is 11.1 Å². The van der Waals surface area contributed by atoms with E-state index in [-0.39, 0.29) is 30.5 Å². The fraction of sp³-hybridized carbons (Fsp3) is 0.400. The van der Waals surface area contributed by atoms with E-state index in [1.165, 1.54) is 18.0 Å². The minimum Gasteiger partial charge on any atom is -0.467 e. The monoisotopic (exact) mass is 590 g/mol.